The Kier molecular flexibility index (Phi) is 2.75. The van der Waals surface area contributed by atoms with Crippen molar-refractivity contribution in [3.63, 3.8) is 0 Å². The maximum Gasteiger partial charge on any atom is 0.240 e. The van der Waals surface area contributed by atoms with E-state index in [1.54, 1.807) is 0 Å². The zero-order valence-electron chi connectivity index (χ0n) is 9.20. The first-order valence-electron chi connectivity index (χ1n) is 5.35. The highest BCUT2D eigenvalue weighted by molar-refractivity contribution is 9.10. The normalized spacial score (nSPS) is 23.0. The fourth-order valence-corrected chi connectivity index (χ4v) is 2.48. The smallest absolute Gasteiger partial charge is 0.240 e. The fraction of sp³-hybridized carbons (Fsp3) is 0.800. The molecule has 1 unspecified atom stereocenters. The van der Waals surface area contributed by atoms with Gasteiger partial charge >= 0.3 is 0 Å². The van der Waals surface area contributed by atoms with E-state index in [1.165, 1.54) is 12.8 Å². The van der Waals surface area contributed by atoms with Gasteiger partial charge in [-0.25, -0.2) is 4.68 Å². The van der Waals surface area contributed by atoms with Crippen molar-refractivity contribution in [1.29, 1.82) is 0 Å². The Balaban J connectivity index is 1.77. The molecule has 0 saturated heterocycles. The summed E-state index contributed by atoms with van der Waals surface area (Å²) in [7, 11) is 0. The molecular weight excluding hydrogens is 256 g/mol. The van der Waals surface area contributed by atoms with Gasteiger partial charge in [-0.15, -0.1) is 5.10 Å². The highest BCUT2D eigenvalue weighted by Gasteiger charge is 2.44. The van der Waals surface area contributed by atoms with E-state index in [2.05, 4.69) is 39.9 Å². The number of hydrogen-bond donors (Lipinski definition) is 1. The highest BCUT2D eigenvalue weighted by Crippen LogP contribution is 2.54. The Labute approximate surface area is 98.4 Å². The van der Waals surface area contributed by atoms with Crippen LogP contribution in [0, 0.1) is 11.3 Å². The van der Waals surface area contributed by atoms with Crippen molar-refractivity contribution in [2.75, 3.05) is 5.73 Å². The first-order chi connectivity index (χ1) is 6.99. The van der Waals surface area contributed by atoms with E-state index in [0.29, 0.717) is 11.4 Å². The van der Waals surface area contributed by atoms with Gasteiger partial charge in [-0.3, -0.25) is 0 Å². The minimum Gasteiger partial charge on any atom is -0.366 e. The molecule has 0 aliphatic heterocycles. The average Bonchev–Trinajstić information content (AvgIpc) is 2.58. The topological polar surface area (TPSA) is 56.7 Å². The summed E-state index contributed by atoms with van der Waals surface area (Å²) in [6.45, 7) is 5.57. The van der Waals surface area contributed by atoms with Gasteiger partial charge in [-0.05, 0) is 46.5 Å². The van der Waals surface area contributed by atoms with E-state index >= 15 is 0 Å². The van der Waals surface area contributed by atoms with Crippen LogP contribution < -0.4 is 5.73 Å². The van der Waals surface area contributed by atoms with Gasteiger partial charge in [0.1, 0.15) is 0 Å². The largest absolute Gasteiger partial charge is 0.366 e. The number of rotatable bonds is 4. The number of hydrogen-bond acceptors (Lipinski definition) is 3. The van der Waals surface area contributed by atoms with Crippen LogP contribution in [0.1, 0.15) is 33.1 Å². The minimum absolute atomic E-state index is 0.341. The third kappa shape index (κ3) is 2.51. The second-order valence-electron chi connectivity index (χ2n) is 4.99. The SMILES string of the molecule is CC1(C)CC1CCCn1nc(N)nc1Br. The van der Waals surface area contributed by atoms with Crippen molar-refractivity contribution in [3.8, 4) is 0 Å². The molecule has 0 amide bonds. The lowest BCUT2D eigenvalue weighted by molar-refractivity contribution is 0.476. The molecule has 0 bridgehead atoms. The van der Waals surface area contributed by atoms with Crippen LogP contribution in [0.25, 0.3) is 0 Å². The molecule has 0 spiro atoms. The Bertz CT molecular complexity index is 358. The van der Waals surface area contributed by atoms with Gasteiger partial charge in [0, 0.05) is 6.54 Å². The molecule has 1 aliphatic carbocycles. The number of nitrogen functional groups attached to an aromatic ring is 1. The second-order valence-corrected chi connectivity index (χ2v) is 5.70. The Morgan fingerprint density at radius 1 is 1.60 bits per heavy atom. The second kappa shape index (κ2) is 3.77. The molecule has 0 aromatic carbocycles. The number of halogens is 1. The lowest BCUT2D eigenvalue weighted by Gasteiger charge is -2.03. The molecule has 1 fully saturated rings. The maximum absolute atomic E-state index is 5.49. The molecule has 2 rings (SSSR count). The van der Waals surface area contributed by atoms with E-state index in [4.69, 9.17) is 5.73 Å². The minimum atomic E-state index is 0.341. The van der Waals surface area contributed by atoms with Gasteiger partial charge in [0.15, 0.2) is 4.73 Å². The van der Waals surface area contributed by atoms with E-state index < -0.39 is 0 Å². The number of aryl methyl sites for hydroxylation is 1. The molecule has 1 aromatic rings. The third-order valence-corrected chi connectivity index (χ3v) is 3.87. The molecule has 1 aromatic heterocycles. The number of nitrogens with two attached hydrogens (primary N) is 1. The standard InChI is InChI=1S/C10H17BrN4/c1-10(2)6-7(10)4-3-5-15-8(11)13-9(12)14-15/h7H,3-6H2,1-2H3,(H2,12,14). The molecule has 15 heavy (non-hydrogen) atoms. The van der Waals surface area contributed by atoms with Crippen molar-refractivity contribution in [2.24, 2.45) is 11.3 Å². The zero-order valence-corrected chi connectivity index (χ0v) is 10.8. The molecule has 84 valence electrons. The molecular formula is C10H17BrN4. The first-order valence-corrected chi connectivity index (χ1v) is 6.14. The van der Waals surface area contributed by atoms with Crippen LogP contribution in [-0.2, 0) is 6.54 Å². The van der Waals surface area contributed by atoms with Gasteiger partial charge in [0.05, 0.1) is 0 Å². The predicted molar refractivity (Wildman–Crippen MR) is 63.3 cm³/mol. The molecule has 1 heterocycles. The van der Waals surface area contributed by atoms with Gasteiger partial charge in [-0.1, -0.05) is 13.8 Å². The quantitative estimate of drug-likeness (QED) is 0.916. The summed E-state index contributed by atoms with van der Waals surface area (Å²) < 4.78 is 2.56. The summed E-state index contributed by atoms with van der Waals surface area (Å²) in [5, 5.41) is 4.10. The summed E-state index contributed by atoms with van der Waals surface area (Å²) in [6, 6.07) is 0. The monoisotopic (exact) mass is 272 g/mol. The Morgan fingerprint density at radius 3 is 2.73 bits per heavy atom. The van der Waals surface area contributed by atoms with Crippen LogP contribution in [-0.4, -0.2) is 14.8 Å². The third-order valence-electron chi connectivity index (χ3n) is 3.28. The van der Waals surface area contributed by atoms with E-state index in [9.17, 15) is 0 Å². The van der Waals surface area contributed by atoms with Crippen LogP contribution in [0.2, 0.25) is 0 Å². The van der Waals surface area contributed by atoms with Gasteiger partial charge in [0.25, 0.3) is 0 Å². The molecule has 1 atom stereocenters. The van der Waals surface area contributed by atoms with Crippen molar-refractivity contribution in [3.05, 3.63) is 4.73 Å². The van der Waals surface area contributed by atoms with E-state index in [1.807, 2.05) is 4.68 Å². The molecule has 0 radical (unpaired) electrons. The lowest BCUT2D eigenvalue weighted by Crippen LogP contribution is -2.02. The van der Waals surface area contributed by atoms with Gasteiger partial charge in [0.2, 0.25) is 5.95 Å². The molecule has 4 nitrogen and oxygen atoms in total. The molecule has 5 heteroatoms. The summed E-state index contributed by atoms with van der Waals surface area (Å²) in [4.78, 5) is 4.00. The van der Waals surface area contributed by atoms with Gasteiger partial charge < -0.3 is 5.73 Å². The number of anilines is 1. The van der Waals surface area contributed by atoms with Crippen LogP contribution in [0.3, 0.4) is 0 Å². The maximum atomic E-state index is 5.49. The zero-order chi connectivity index (χ0) is 11.1. The van der Waals surface area contributed by atoms with E-state index in [0.717, 1.165) is 23.6 Å². The first kappa shape index (κ1) is 10.9. The van der Waals surface area contributed by atoms with Gasteiger partial charge in [-0.2, -0.15) is 4.98 Å². The van der Waals surface area contributed by atoms with Crippen molar-refractivity contribution < 1.29 is 0 Å². The highest BCUT2D eigenvalue weighted by atomic mass is 79.9. The predicted octanol–water partition coefficient (Wildman–Crippen LogP) is 2.45. The number of nitrogens with zero attached hydrogens (tertiary/aromatic N) is 3. The lowest BCUT2D eigenvalue weighted by atomic mass is 10.1. The van der Waals surface area contributed by atoms with Crippen LogP contribution >= 0.6 is 15.9 Å². The fourth-order valence-electron chi connectivity index (χ4n) is 2.04. The summed E-state index contributed by atoms with van der Waals surface area (Å²) in [5.41, 5.74) is 6.08. The molecule has 2 N–H and O–H groups in total. The van der Waals surface area contributed by atoms with Crippen LogP contribution in [0.15, 0.2) is 4.73 Å². The van der Waals surface area contributed by atoms with Crippen LogP contribution in [0.5, 0.6) is 0 Å². The van der Waals surface area contributed by atoms with Crippen molar-refractivity contribution in [2.45, 2.75) is 39.7 Å². The Morgan fingerprint density at radius 2 is 2.27 bits per heavy atom. The van der Waals surface area contributed by atoms with E-state index in [-0.39, 0.29) is 0 Å². The average molecular weight is 273 g/mol. The number of aromatic nitrogens is 3. The molecule has 1 saturated carbocycles. The summed E-state index contributed by atoms with van der Waals surface area (Å²) >= 11 is 3.33. The van der Waals surface area contributed by atoms with Crippen molar-refractivity contribution in [1.82, 2.24) is 14.8 Å². The Hall–Kier alpha value is -0.580. The summed E-state index contributed by atoms with van der Waals surface area (Å²) in [6.07, 6.45) is 3.79. The molecule has 1 aliphatic rings. The van der Waals surface area contributed by atoms with Crippen LogP contribution in [0.4, 0.5) is 5.95 Å². The summed E-state index contributed by atoms with van der Waals surface area (Å²) in [5.74, 6) is 1.24. The van der Waals surface area contributed by atoms with Crippen molar-refractivity contribution >= 4 is 21.9 Å².